The summed E-state index contributed by atoms with van der Waals surface area (Å²) < 4.78 is 27.8. The molecule has 1 fully saturated rings. The number of amides is 1. The first-order chi connectivity index (χ1) is 9.88. The number of nitrogens with two attached hydrogens (primary N) is 1. The largest absolute Gasteiger partial charge is 0.381 e. The molecule has 1 saturated heterocycles. The van der Waals surface area contributed by atoms with E-state index in [-0.39, 0.29) is 41.7 Å². The number of hydrogen-bond acceptors (Lipinski definition) is 6. The lowest BCUT2D eigenvalue weighted by atomic mass is 9.92. The molecular weight excluding hydrogens is 365 g/mol. The number of halogens is 2. The molecule has 1 atom stereocenters. The Morgan fingerprint density at radius 1 is 1.35 bits per heavy atom. The third-order valence-corrected chi connectivity index (χ3v) is 4.46. The SMILES string of the molecule is CS(=O)(=O)c1ccc(NC(=O)C(N)C2CCOCC2)cn1.Cl.Cl. The zero-order valence-corrected chi connectivity index (χ0v) is 15.0. The van der Waals surface area contributed by atoms with Crippen LogP contribution in [0.4, 0.5) is 5.69 Å². The van der Waals surface area contributed by atoms with Gasteiger partial charge in [0.2, 0.25) is 5.91 Å². The predicted molar refractivity (Wildman–Crippen MR) is 92.0 cm³/mol. The summed E-state index contributed by atoms with van der Waals surface area (Å²) in [5.74, 6) is -0.196. The summed E-state index contributed by atoms with van der Waals surface area (Å²) in [5, 5.41) is 2.62. The van der Waals surface area contributed by atoms with Crippen molar-refractivity contribution < 1.29 is 17.9 Å². The molecule has 10 heteroatoms. The minimum Gasteiger partial charge on any atom is -0.381 e. The van der Waals surface area contributed by atoms with E-state index in [1.807, 2.05) is 0 Å². The van der Waals surface area contributed by atoms with Crippen LogP contribution < -0.4 is 11.1 Å². The molecule has 23 heavy (non-hydrogen) atoms. The lowest BCUT2D eigenvalue weighted by Gasteiger charge is -2.26. The number of rotatable bonds is 4. The molecule has 3 N–H and O–H groups in total. The standard InChI is InChI=1S/C13H19N3O4S.2ClH/c1-21(18,19)11-3-2-10(8-15-11)16-13(17)12(14)9-4-6-20-7-5-9;;/h2-3,8-9,12H,4-7,14H2,1H3,(H,16,17);2*1H. The number of pyridine rings is 1. The van der Waals surface area contributed by atoms with Crippen molar-refractivity contribution in [1.29, 1.82) is 0 Å². The molecule has 0 saturated carbocycles. The number of ether oxygens (including phenoxy) is 1. The summed E-state index contributed by atoms with van der Waals surface area (Å²) >= 11 is 0. The number of sulfone groups is 1. The highest BCUT2D eigenvalue weighted by Crippen LogP contribution is 2.19. The number of nitrogens with one attached hydrogen (secondary N) is 1. The maximum absolute atomic E-state index is 12.1. The van der Waals surface area contributed by atoms with Crippen LogP contribution in [0.15, 0.2) is 23.4 Å². The fraction of sp³-hybridized carbons (Fsp3) is 0.538. The number of hydrogen-bond donors (Lipinski definition) is 2. The van der Waals surface area contributed by atoms with Gasteiger partial charge >= 0.3 is 0 Å². The summed E-state index contributed by atoms with van der Waals surface area (Å²) in [6.07, 6.45) is 3.92. The summed E-state index contributed by atoms with van der Waals surface area (Å²) in [5.41, 5.74) is 6.38. The number of nitrogens with zero attached hydrogens (tertiary/aromatic N) is 1. The van der Waals surface area contributed by atoms with Crippen molar-refractivity contribution in [3.05, 3.63) is 18.3 Å². The Labute approximate surface area is 148 Å². The lowest BCUT2D eigenvalue weighted by Crippen LogP contribution is -2.44. The van der Waals surface area contributed by atoms with Gasteiger partial charge in [0.15, 0.2) is 14.9 Å². The zero-order valence-electron chi connectivity index (χ0n) is 12.6. The third-order valence-electron chi connectivity index (χ3n) is 3.46. The van der Waals surface area contributed by atoms with Crippen LogP contribution in [0.25, 0.3) is 0 Å². The van der Waals surface area contributed by atoms with Crippen LogP contribution in [0.3, 0.4) is 0 Å². The predicted octanol–water partition coefficient (Wildman–Crippen LogP) is 1.02. The van der Waals surface area contributed by atoms with Crippen molar-refractivity contribution in [1.82, 2.24) is 4.98 Å². The Bertz CT molecular complexity index is 604. The van der Waals surface area contributed by atoms with Gasteiger partial charge in [-0.1, -0.05) is 0 Å². The van der Waals surface area contributed by atoms with Crippen LogP contribution in [-0.4, -0.2) is 44.8 Å². The number of carbonyl (C=O) groups is 1. The second-order valence-electron chi connectivity index (χ2n) is 5.12. The van der Waals surface area contributed by atoms with Crippen LogP contribution in [0.5, 0.6) is 0 Å². The number of carbonyl (C=O) groups excluding carboxylic acids is 1. The van der Waals surface area contributed by atoms with Crippen LogP contribution in [0.2, 0.25) is 0 Å². The van der Waals surface area contributed by atoms with Crippen LogP contribution in [-0.2, 0) is 19.4 Å². The second kappa shape index (κ2) is 9.39. The van der Waals surface area contributed by atoms with Gasteiger partial charge in [0.1, 0.15) is 0 Å². The van der Waals surface area contributed by atoms with Crippen molar-refractivity contribution in [2.24, 2.45) is 11.7 Å². The summed E-state index contributed by atoms with van der Waals surface area (Å²) in [4.78, 5) is 15.9. The fourth-order valence-corrected chi connectivity index (χ4v) is 2.75. The summed E-state index contributed by atoms with van der Waals surface area (Å²) in [7, 11) is -3.34. The lowest BCUT2D eigenvalue weighted by molar-refractivity contribution is -0.119. The molecule has 132 valence electrons. The molecule has 1 aliphatic rings. The van der Waals surface area contributed by atoms with Gasteiger partial charge in [-0.05, 0) is 30.9 Å². The van der Waals surface area contributed by atoms with Crippen LogP contribution in [0, 0.1) is 5.92 Å². The van der Waals surface area contributed by atoms with E-state index in [1.54, 1.807) is 0 Å². The first kappa shape index (κ1) is 22.1. The minimum atomic E-state index is -3.34. The van der Waals surface area contributed by atoms with Crippen molar-refractivity contribution in [2.45, 2.75) is 23.9 Å². The minimum absolute atomic E-state index is 0. The molecule has 1 aromatic rings. The molecule has 0 aliphatic carbocycles. The van der Waals surface area contributed by atoms with Gasteiger partial charge < -0.3 is 15.8 Å². The Kier molecular flexibility index (Phi) is 9.01. The van der Waals surface area contributed by atoms with E-state index in [9.17, 15) is 13.2 Å². The molecular formula is C13H21Cl2N3O4S. The van der Waals surface area contributed by atoms with Gasteiger partial charge in [-0.3, -0.25) is 4.79 Å². The van der Waals surface area contributed by atoms with Gasteiger partial charge in [0.25, 0.3) is 0 Å². The molecule has 0 spiro atoms. The maximum atomic E-state index is 12.1. The van der Waals surface area contributed by atoms with E-state index in [2.05, 4.69) is 10.3 Å². The highest BCUT2D eigenvalue weighted by atomic mass is 35.5. The summed E-state index contributed by atoms with van der Waals surface area (Å²) in [6.45, 7) is 1.24. The van der Waals surface area contributed by atoms with E-state index in [0.29, 0.717) is 18.9 Å². The molecule has 1 amide bonds. The molecule has 2 heterocycles. The molecule has 0 radical (unpaired) electrons. The normalized spacial score (nSPS) is 16.6. The van der Waals surface area contributed by atoms with E-state index < -0.39 is 15.9 Å². The van der Waals surface area contributed by atoms with Gasteiger partial charge in [0.05, 0.1) is 17.9 Å². The molecule has 7 nitrogen and oxygen atoms in total. The average molecular weight is 386 g/mol. The Hall–Kier alpha value is -0.930. The number of aromatic nitrogens is 1. The van der Waals surface area contributed by atoms with Crippen LogP contribution in [0.1, 0.15) is 12.8 Å². The Morgan fingerprint density at radius 2 is 1.96 bits per heavy atom. The average Bonchev–Trinajstić information content (AvgIpc) is 2.47. The molecule has 1 aliphatic heterocycles. The smallest absolute Gasteiger partial charge is 0.241 e. The van der Waals surface area contributed by atoms with E-state index in [1.165, 1.54) is 18.3 Å². The highest BCUT2D eigenvalue weighted by Gasteiger charge is 2.26. The Morgan fingerprint density at radius 3 is 2.43 bits per heavy atom. The van der Waals surface area contributed by atoms with Crippen molar-refractivity contribution >= 4 is 46.2 Å². The van der Waals surface area contributed by atoms with Crippen LogP contribution >= 0.6 is 24.8 Å². The number of anilines is 1. The van der Waals surface area contributed by atoms with Crippen molar-refractivity contribution in [3.8, 4) is 0 Å². The van der Waals surface area contributed by atoms with Gasteiger partial charge in [-0.25, -0.2) is 13.4 Å². The van der Waals surface area contributed by atoms with Crippen molar-refractivity contribution in [2.75, 3.05) is 24.8 Å². The van der Waals surface area contributed by atoms with Crippen molar-refractivity contribution in [3.63, 3.8) is 0 Å². The maximum Gasteiger partial charge on any atom is 0.241 e. The summed E-state index contributed by atoms with van der Waals surface area (Å²) in [6, 6.07) is 2.24. The van der Waals surface area contributed by atoms with Gasteiger partial charge in [0, 0.05) is 19.5 Å². The monoisotopic (exact) mass is 385 g/mol. The topological polar surface area (TPSA) is 111 Å². The first-order valence-corrected chi connectivity index (χ1v) is 8.57. The fourth-order valence-electron chi connectivity index (χ4n) is 2.19. The highest BCUT2D eigenvalue weighted by molar-refractivity contribution is 7.90. The molecule has 0 bridgehead atoms. The molecule has 2 rings (SSSR count). The third kappa shape index (κ3) is 6.23. The first-order valence-electron chi connectivity index (χ1n) is 6.68. The Balaban J connectivity index is 0.00000242. The van der Waals surface area contributed by atoms with Gasteiger partial charge in [-0.2, -0.15) is 0 Å². The van der Waals surface area contributed by atoms with Gasteiger partial charge in [-0.15, -0.1) is 24.8 Å². The van der Waals surface area contributed by atoms with E-state index in [0.717, 1.165) is 19.1 Å². The second-order valence-corrected chi connectivity index (χ2v) is 7.08. The molecule has 1 aromatic heterocycles. The zero-order chi connectivity index (χ0) is 15.5. The molecule has 1 unspecified atom stereocenters. The van der Waals surface area contributed by atoms with E-state index in [4.69, 9.17) is 10.5 Å². The molecule has 0 aromatic carbocycles. The van der Waals surface area contributed by atoms with E-state index >= 15 is 0 Å². The quantitative estimate of drug-likeness (QED) is 0.799.